The lowest BCUT2D eigenvalue weighted by molar-refractivity contribution is -0.148. The predicted octanol–water partition coefficient (Wildman–Crippen LogP) is 1.87. The summed E-state index contributed by atoms with van der Waals surface area (Å²) in [7, 11) is 1.25. The molecule has 1 saturated heterocycles. The zero-order chi connectivity index (χ0) is 17.4. The lowest BCUT2D eigenvalue weighted by Gasteiger charge is -2.24. The molecule has 0 aromatic heterocycles. The third-order valence-electron chi connectivity index (χ3n) is 4.55. The third kappa shape index (κ3) is 2.60. The number of carbonyl (C=O) groups is 3. The summed E-state index contributed by atoms with van der Waals surface area (Å²) in [4.78, 5) is 39.0. The fraction of sp³-hybridized carbons (Fsp3) is 0.471. The molecule has 7 nitrogen and oxygen atoms in total. The molecule has 2 aliphatic heterocycles. The van der Waals surface area contributed by atoms with Gasteiger partial charge in [-0.15, -0.1) is 0 Å². The van der Waals surface area contributed by atoms with E-state index in [9.17, 15) is 14.4 Å². The van der Waals surface area contributed by atoms with Crippen LogP contribution in [0.2, 0.25) is 0 Å². The number of benzene rings is 1. The average Bonchev–Trinajstić information content (AvgIpc) is 3.12. The summed E-state index contributed by atoms with van der Waals surface area (Å²) in [5.41, 5.74) is 2.38. The molecule has 7 heteroatoms. The van der Waals surface area contributed by atoms with Crippen LogP contribution in [0, 0.1) is 0 Å². The average molecular weight is 332 g/mol. The number of methoxy groups -OCH3 is 1. The van der Waals surface area contributed by atoms with Crippen molar-refractivity contribution in [1.29, 1.82) is 0 Å². The van der Waals surface area contributed by atoms with E-state index >= 15 is 0 Å². The molecule has 2 atom stereocenters. The van der Waals surface area contributed by atoms with E-state index in [0.717, 1.165) is 17.7 Å². The predicted molar refractivity (Wildman–Crippen MR) is 87.0 cm³/mol. The van der Waals surface area contributed by atoms with Gasteiger partial charge in [-0.1, -0.05) is 6.92 Å². The van der Waals surface area contributed by atoms with Gasteiger partial charge in [-0.3, -0.25) is 9.69 Å². The van der Waals surface area contributed by atoms with Crippen LogP contribution >= 0.6 is 0 Å². The molecule has 2 heterocycles. The highest BCUT2D eigenvalue weighted by molar-refractivity contribution is 6.03. The van der Waals surface area contributed by atoms with Gasteiger partial charge >= 0.3 is 12.1 Å². The molecule has 0 aliphatic carbocycles. The molecule has 1 unspecified atom stereocenters. The largest absolute Gasteiger partial charge is 0.466 e. The van der Waals surface area contributed by atoms with Crippen molar-refractivity contribution in [3.63, 3.8) is 0 Å². The van der Waals surface area contributed by atoms with Crippen LogP contribution in [0.5, 0.6) is 0 Å². The summed E-state index contributed by atoms with van der Waals surface area (Å²) in [6.07, 6.45) is -0.328. The summed E-state index contributed by atoms with van der Waals surface area (Å²) in [6.45, 7) is 4.16. The van der Waals surface area contributed by atoms with E-state index in [1.807, 2.05) is 26.0 Å². The number of amides is 2. The van der Waals surface area contributed by atoms with Crippen LogP contribution in [0.4, 0.5) is 16.2 Å². The molecule has 0 spiro atoms. The molecule has 0 N–H and O–H groups in total. The molecule has 0 bridgehead atoms. The van der Waals surface area contributed by atoms with Gasteiger partial charge in [0.25, 0.3) is 0 Å². The smallest absolute Gasteiger partial charge is 0.415 e. The Morgan fingerprint density at radius 3 is 2.83 bits per heavy atom. The topological polar surface area (TPSA) is 76.2 Å². The first kappa shape index (κ1) is 16.3. The number of rotatable bonds is 4. The zero-order valence-corrected chi connectivity index (χ0v) is 13.9. The molecule has 0 radical (unpaired) electrons. The van der Waals surface area contributed by atoms with Crippen LogP contribution in [0.1, 0.15) is 25.8 Å². The number of carbonyl (C=O) groups excluding carboxylic acids is 3. The second kappa shape index (κ2) is 6.14. The van der Waals surface area contributed by atoms with Gasteiger partial charge in [-0.25, -0.2) is 9.59 Å². The summed E-state index contributed by atoms with van der Waals surface area (Å²) in [5.74, 6) is -0.516. The Balaban J connectivity index is 1.86. The first-order valence-electron chi connectivity index (χ1n) is 7.97. The van der Waals surface area contributed by atoms with Gasteiger partial charge in [0, 0.05) is 17.4 Å². The lowest BCUT2D eigenvalue weighted by Crippen LogP contribution is -2.35. The Hall–Kier alpha value is -2.57. The first-order valence-corrected chi connectivity index (χ1v) is 7.97. The van der Waals surface area contributed by atoms with Gasteiger partial charge in [-0.2, -0.15) is 0 Å². The first-order chi connectivity index (χ1) is 11.5. The van der Waals surface area contributed by atoms with E-state index in [-0.39, 0.29) is 18.5 Å². The molecule has 1 fully saturated rings. The maximum absolute atomic E-state index is 12.3. The number of hydrogen-bond donors (Lipinski definition) is 0. The number of ether oxygens (including phenoxy) is 2. The number of nitrogens with zero attached hydrogens (tertiary/aromatic N) is 2. The third-order valence-corrected chi connectivity index (χ3v) is 4.55. The number of esters is 1. The van der Waals surface area contributed by atoms with Crippen LogP contribution in [0.25, 0.3) is 0 Å². The number of fused-ring (bicyclic) bond motifs is 1. The van der Waals surface area contributed by atoms with Crippen molar-refractivity contribution in [1.82, 2.24) is 0 Å². The standard InChI is InChI=1S/C17H20N2O5/c1-4-10(2)19-13-6-5-12(7-11(13)8-15(19)20)18-9-14(16(21)23-3)24-17(18)22/h5-7,10,14H,4,8-9H2,1-3H3/t10-,14?/m1/s1. The highest BCUT2D eigenvalue weighted by Crippen LogP contribution is 2.35. The molecule has 1 aromatic rings. The van der Waals surface area contributed by atoms with Gasteiger partial charge in [0.2, 0.25) is 12.0 Å². The van der Waals surface area contributed by atoms with Crippen LogP contribution in [0.15, 0.2) is 18.2 Å². The van der Waals surface area contributed by atoms with Crippen molar-refractivity contribution < 1.29 is 23.9 Å². The highest BCUT2D eigenvalue weighted by atomic mass is 16.6. The summed E-state index contributed by atoms with van der Waals surface area (Å²) < 4.78 is 9.65. The Morgan fingerprint density at radius 1 is 1.42 bits per heavy atom. The molecule has 0 saturated carbocycles. The van der Waals surface area contributed by atoms with Gasteiger partial charge < -0.3 is 14.4 Å². The minimum Gasteiger partial charge on any atom is -0.466 e. The van der Waals surface area contributed by atoms with E-state index in [0.29, 0.717) is 12.1 Å². The minimum atomic E-state index is -0.922. The van der Waals surface area contributed by atoms with E-state index in [4.69, 9.17) is 4.74 Å². The van der Waals surface area contributed by atoms with E-state index in [1.54, 1.807) is 11.0 Å². The van der Waals surface area contributed by atoms with Crippen LogP contribution in [0.3, 0.4) is 0 Å². The molecule has 1 aromatic carbocycles. The van der Waals surface area contributed by atoms with E-state index in [1.165, 1.54) is 12.0 Å². The zero-order valence-electron chi connectivity index (χ0n) is 13.9. The molecule has 128 valence electrons. The Bertz CT molecular complexity index is 702. The molecule has 2 amide bonds. The second-order valence-electron chi connectivity index (χ2n) is 6.02. The summed E-state index contributed by atoms with van der Waals surface area (Å²) >= 11 is 0. The molecular formula is C17H20N2O5. The molecule has 2 aliphatic rings. The van der Waals surface area contributed by atoms with Crippen molar-refractivity contribution >= 4 is 29.3 Å². The van der Waals surface area contributed by atoms with Crippen LogP contribution < -0.4 is 9.80 Å². The Morgan fingerprint density at radius 2 is 2.17 bits per heavy atom. The van der Waals surface area contributed by atoms with Crippen molar-refractivity contribution in [3.8, 4) is 0 Å². The van der Waals surface area contributed by atoms with Crippen molar-refractivity contribution in [3.05, 3.63) is 23.8 Å². The maximum atomic E-state index is 12.3. The van der Waals surface area contributed by atoms with Crippen molar-refractivity contribution in [2.75, 3.05) is 23.5 Å². The number of hydrogen-bond acceptors (Lipinski definition) is 5. The summed E-state index contributed by atoms with van der Waals surface area (Å²) in [5, 5.41) is 0. The SMILES string of the molecule is CC[C@@H](C)N1C(=O)Cc2cc(N3CC(C(=O)OC)OC3=O)ccc21. The quantitative estimate of drug-likeness (QED) is 0.787. The normalized spacial score (nSPS) is 20.9. The molecular weight excluding hydrogens is 312 g/mol. The van der Waals surface area contributed by atoms with E-state index in [2.05, 4.69) is 4.74 Å². The number of cyclic esters (lactones) is 1. The maximum Gasteiger partial charge on any atom is 0.415 e. The second-order valence-corrected chi connectivity index (χ2v) is 6.02. The molecule has 3 rings (SSSR count). The Labute approximate surface area is 140 Å². The van der Waals surface area contributed by atoms with Crippen molar-refractivity contribution in [2.24, 2.45) is 0 Å². The van der Waals surface area contributed by atoms with E-state index < -0.39 is 18.2 Å². The van der Waals surface area contributed by atoms with Gasteiger partial charge in [0.1, 0.15) is 0 Å². The Kier molecular flexibility index (Phi) is 4.17. The van der Waals surface area contributed by atoms with Crippen LogP contribution in [-0.4, -0.2) is 43.8 Å². The fourth-order valence-electron chi connectivity index (χ4n) is 3.09. The van der Waals surface area contributed by atoms with Crippen molar-refractivity contribution in [2.45, 2.75) is 38.8 Å². The number of anilines is 2. The van der Waals surface area contributed by atoms with Gasteiger partial charge in [0.05, 0.1) is 20.1 Å². The monoisotopic (exact) mass is 332 g/mol. The minimum absolute atomic E-state index is 0.0629. The fourth-order valence-corrected chi connectivity index (χ4v) is 3.09. The van der Waals surface area contributed by atoms with Gasteiger partial charge in [0.15, 0.2) is 0 Å². The van der Waals surface area contributed by atoms with Gasteiger partial charge in [-0.05, 0) is 37.1 Å². The summed E-state index contributed by atoms with van der Waals surface area (Å²) in [6, 6.07) is 5.56. The lowest BCUT2D eigenvalue weighted by atomic mass is 10.1. The van der Waals surface area contributed by atoms with Crippen LogP contribution in [-0.2, 0) is 25.5 Å². The highest BCUT2D eigenvalue weighted by Gasteiger charge is 2.38. The molecule has 24 heavy (non-hydrogen) atoms.